The molecule has 0 saturated carbocycles. The van der Waals surface area contributed by atoms with Crippen molar-refractivity contribution in [1.82, 2.24) is 10.3 Å². The van der Waals surface area contributed by atoms with Gasteiger partial charge in [-0.05, 0) is 47.5 Å². The van der Waals surface area contributed by atoms with Crippen molar-refractivity contribution >= 4 is 33.6 Å². The number of halogens is 1. The highest BCUT2D eigenvalue weighted by Gasteiger charge is 2.33. The third-order valence-electron chi connectivity index (χ3n) is 4.71. The molecule has 0 fully saturated rings. The summed E-state index contributed by atoms with van der Waals surface area (Å²) in [6, 6.07) is 12.3. The number of amides is 2. The average Bonchev–Trinajstić information content (AvgIpc) is 3.12. The number of phenols is 1. The van der Waals surface area contributed by atoms with Crippen LogP contribution in [0.3, 0.4) is 0 Å². The van der Waals surface area contributed by atoms with Gasteiger partial charge in [-0.15, -0.1) is 0 Å². The second-order valence-corrected chi connectivity index (χ2v) is 6.24. The Morgan fingerprint density at radius 3 is 2.35 bits per heavy atom. The van der Waals surface area contributed by atoms with Crippen LogP contribution in [0, 0.1) is 5.82 Å². The zero-order valence-corrected chi connectivity index (χ0v) is 13.3. The molecule has 3 N–H and O–H groups in total. The Morgan fingerprint density at radius 2 is 1.58 bits per heavy atom. The van der Waals surface area contributed by atoms with Crippen molar-refractivity contribution in [3.63, 3.8) is 0 Å². The summed E-state index contributed by atoms with van der Waals surface area (Å²) in [7, 11) is 0. The van der Waals surface area contributed by atoms with Gasteiger partial charge in [0.15, 0.2) is 0 Å². The number of hydrogen-bond donors (Lipinski definition) is 3. The van der Waals surface area contributed by atoms with Crippen molar-refractivity contribution in [3.05, 3.63) is 65.5 Å². The Hall–Kier alpha value is -3.67. The highest BCUT2D eigenvalue weighted by Crippen LogP contribution is 2.39. The van der Waals surface area contributed by atoms with E-state index in [0.717, 1.165) is 5.52 Å². The Kier molecular flexibility index (Phi) is 2.77. The van der Waals surface area contributed by atoms with Crippen LogP contribution in [0.2, 0.25) is 0 Å². The molecule has 3 aromatic carbocycles. The third kappa shape index (κ3) is 1.89. The van der Waals surface area contributed by atoms with Crippen molar-refractivity contribution in [2.24, 2.45) is 0 Å². The number of fused-ring (bicyclic) bond motifs is 5. The third-order valence-corrected chi connectivity index (χ3v) is 4.71. The molecule has 1 aromatic heterocycles. The minimum atomic E-state index is -0.485. The van der Waals surface area contributed by atoms with Gasteiger partial charge in [0.1, 0.15) is 11.6 Å². The van der Waals surface area contributed by atoms with Gasteiger partial charge in [0.05, 0.1) is 11.1 Å². The summed E-state index contributed by atoms with van der Waals surface area (Å²) in [4.78, 5) is 28.1. The number of carbonyl (C=O) groups excluding carboxylic acids is 2. The SMILES string of the molecule is O=C1NC(=O)c2c1c(-c1ccc(F)cc1)cc1[nH]c3ccc(O)cc3c21. The van der Waals surface area contributed by atoms with Gasteiger partial charge in [-0.2, -0.15) is 0 Å². The first-order chi connectivity index (χ1) is 12.5. The van der Waals surface area contributed by atoms with Gasteiger partial charge < -0.3 is 10.1 Å². The number of benzene rings is 3. The van der Waals surface area contributed by atoms with Gasteiger partial charge in [-0.1, -0.05) is 12.1 Å². The van der Waals surface area contributed by atoms with E-state index >= 15 is 0 Å². The molecular formula is C20H11FN2O3. The lowest BCUT2D eigenvalue weighted by atomic mass is 9.93. The molecule has 2 heterocycles. The molecule has 0 saturated heterocycles. The Labute approximate surface area is 146 Å². The summed E-state index contributed by atoms with van der Waals surface area (Å²) in [5, 5.41) is 13.4. The zero-order valence-electron chi connectivity index (χ0n) is 13.3. The quantitative estimate of drug-likeness (QED) is 0.460. The molecule has 126 valence electrons. The van der Waals surface area contributed by atoms with Gasteiger partial charge in [-0.25, -0.2) is 4.39 Å². The predicted octanol–water partition coefficient (Wildman–Crippen LogP) is 3.72. The molecule has 0 unspecified atom stereocenters. The summed E-state index contributed by atoms with van der Waals surface area (Å²) in [5.74, 6) is -1.28. The first-order valence-corrected chi connectivity index (χ1v) is 7.96. The standard InChI is InChI=1S/C20H11FN2O3/c21-10-3-1-9(2-4-10)12-8-15-16(18-17(12)19(25)23-20(18)26)13-7-11(24)5-6-14(13)22-15/h1-8,22,24H,(H,23,25,26). The van der Waals surface area contributed by atoms with Crippen molar-refractivity contribution in [3.8, 4) is 16.9 Å². The van der Waals surface area contributed by atoms with E-state index in [-0.39, 0.29) is 22.7 Å². The first kappa shape index (κ1) is 14.7. The molecule has 0 radical (unpaired) electrons. The highest BCUT2D eigenvalue weighted by molar-refractivity contribution is 6.32. The van der Waals surface area contributed by atoms with Crippen LogP contribution in [-0.4, -0.2) is 21.9 Å². The van der Waals surface area contributed by atoms with Gasteiger partial charge in [-0.3, -0.25) is 14.9 Å². The van der Waals surface area contributed by atoms with Crippen molar-refractivity contribution in [1.29, 1.82) is 0 Å². The van der Waals surface area contributed by atoms with E-state index in [1.54, 1.807) is 36.4 Å². The summed E-state index contributed by atoms with van der Waals surface area (Å²) in [6.07, 6.45) is 0. The maximum absolute atomic E-state index is 13.3. The van der Waals surface area contributed by atoms with Crippen LogP contribution in [-0.2, 0) is 0 Å². The van der Waals surface area contributed by atoms with Gasteiger partial charge in [0.2, 0.25) is 0 Å². The normalized spacial score (nSPS) is 13.4. The summed E-state index contributed by atoms with van der Waals surface area (Å²) in [6.45, 7) is 0. The molecule has 5 nitrogen and oxygen atoms in total. The number of hydrogen-bond acceptors (Lipinski definition) is 3. The molecule has 2 amide bonds. The fraction of sp³-hybridized carbons (Fsp3) is 0. The molecule has 0 atom stereocenters. The summed E-state index contributed by atoms with van der Waals surface area (Å²) >= 11 is 0. The van der Waals surface area contributed by atoms with Crippen molar-refractivity contribution in [2.45, 2.75) is 0 Å². The van der Waals surface area contributed by atoms with Crippen LogP contribution in [0.15, 0.2) is 48.5 Å². The largest absolute Gasteiger partial charge is 0.508 e. The predicted molar refractivity (Wildman–Crippen MR) is 94.7 cm³/mol. The Bertz CT molecular complexity index is 1260. The average molecular weight is 346 g/mol. The molecule has 6 heteroatoms. The molecule has 1 aliphatic rings. The highest BCUT2D eigenvalue weighted by atomic mass is 19.1. The second-order valence-electron chi connectivity index (χ2n) is 6.24. The molecule has 0 spiro atoms. The van der Waals surface area contributed by atoms with Crippen LogP contribution in [0.1, 0.15) is 20.7 Å². The molecule has 5 rings (SSSR count). The minimum absolute atomic E-state index is 0.0690. The number of aromatic nitrogens is 1. The number of rotatable bonds is 1. The number of carbonyl (C=O) groups is 2. The topological polar surface area (TPSA) is 82.2 Å². The first-order valence-electron chi connectivity index (χ1n) is 7.96. The van der Waals surface area contributed by atoms with Crippen LogP contribution in [0.5, 0.6) is 5.75 Å². The Morgan fingerprint density at radius 1 is 0.846 bits per heavy atom. The fourth-order valence-corrected chi connectivity index (χ4v) is 3.60. The van der Waals surface area contributed by atoms with E-state index in [2.05, 4.69) is 10.3 Å². The van der Waals surface area contributed by atoms with E-state index in [1.807, 2.05) is 0 Å². The maximum atomic E-state index is 13.3. The second kappa shape index (κ2) is 4.92. The molecule has 26 heavy (non-hydrogen) atoms. The smallest absolute Gasteiger partial charge is 0.259 e. The van der Waals surface area contributed by atoms with Gasteiger partial charge >= 0.3 is 0 Å². The van der Waals surface area contributed by atoms with Crippen LogP contribution in [0.4, 0.5) is 4.39 Å². The maximum Gasteiger partial charge on any atom is 0.259 e. The minimum Gasteiger partial charge on any atom is -0.508 e. The molecule has 1 aliphatic heterocycles. The van der Waals surface area contributed by atoms with Crippen molar-refractivity contribution in [2.75, 3.05) is 0 Å². The summed E-state index contributed by atoms with van der Waals surface area (Å²) < 4.78 is 13.3. The van der Waals surface area contributed by atoms with Crippen LogP contribution in [0.25, 0.3) is 32.9 Å². The molecule has 0 bridgehead atoms. The zero-order chi connectivity index (χ0) is 18.0. The molecule has 0 aliphatic carbocycles. The molecular weight excluding hydrogens is 335 g/mol. The fourth-order valence-electron chi connectivity index (χ4n) is 3.60. The number of imide groups is 1. The van der Waals surface area contributed by atoms with E-state index < -0.39 is 11.8 Å². The lowest BCUT2D eigenvalue weighted by molar-refractivity contribution is 0.0880. The molecule has 4 aromatic rings. The van der Waals surface area contributed by atoms with E-state index in [9.17, 15) is 19.1 Å². The van der Waals surface area contributed by atoms with Crippen LogP contribution >= 0.6 is 0 Å². The Balaban J connectivity index is 1.95. The number of aromatic hydroxyl groups is 1. The van der Waals surface area contributed by atoms with Gasteiger partial charge in [0, 0.05) is 21.8 Å². The summed E-state index contributed by atoms with van der Waals surface area (Å²) in [5.41, 5.74) is 3.11. The van der Waals surface area contributed by atoms with Crippen LogP contribution < -0.4 is 5.32 Å². The number of H-pyrrole nitrogens is 1. The van der Waals surface area contributed by atoms with Crippen molar-refractivity contribution < 1.29 is 19.1 Å². The lowest BCUT2D eigenvalue weighted by Gasteiger charge is -2.08. The number of nitrogens with one attached hydrogen (secondary N) is 2. The number of phenolic OH excluding ortho intramolecular Hbond substituents is 1. The monoisotopic (exact) mass is 346 g/mol. The lowest BCUT2D eigenvalue weighted by Crippen LogP contribution is -2.20. The van der Waals surface area contributed by atoms with E-state index in [0.29, 0.717) is 27.4 Å². The van der Waals surface area contributed by atoms with Gasteiger partial charge in [0.25, 0.3) is 11.8 Å². The van der Waals surface area contributed by atoms with E-state index in [4.69, 9.17) is 0 Å². The van der Waals surface area contributed by atoms with E-state index in [1.165, 1.54) is 12.1 Å². The number of aromatic amines is 1.